The molecule has 0 aliphatic heterocycles. The van der Waals surface area contributed by atoms with Crippen LogP contribution in [-0.2, 0) is 4.79 Å². The number of nitrogens with two attached hydrogens (primary N) is 1. The van der Waals surface area contributed by atoms with E-state index >= 15 is 0 Å². The number of carboxylic acid groups (broad SMARTS) is 1. The fourth-order valence-corrected chi connectivity index (χ4v) is 1.30. The molecule has 0 aliphatic carbocycles. The Balaban J connectivity index is 2.92. The minimum absolute atomic E-state index is 0.0373. The Morgan fingerprint density at radius 2 is 2.18 bits per heavy atom. The maximum atomic E-state index is 13.0. The molecule has 1 amide bonds. The van der Waals surface area contributed by atoms with Crippen molar-refractivity contribution in [3.63, 3.8) is 0 Å². The molecule has 5 nitrogen and oxygen atoms in total. The first kappa shape index (κ1) is 13.1. The highest BCUT2D eigenvalue weighted by molar-refractivity contribution is 6.00. The molecule has 1 aromatic rings. The highest BCUT2D eigenvalue weighted by Crippen LogP contribution is 2.17. The largest absolute Gasteiger partial charge is 0.478 e. The second-order valence-electron chi connectivity index (χ2n) is 3.72. The van der Waals surface area contributed by atoms with Crippen LogP contribution >= 0.6 is 0 Å². The van der Waals surface area contributed by atoms with Crippen LogP contribution in [0.2, 0.25) is 0 Å². The number of hydrogen-bond acceptors (Lipinski definition) is 3. The number of rotatable bonds is 4. The van der Waals surface area contributed by atoms with Crippen molar-refractivity contribution in [1.29, 1.82) is 0 Å². The third kappa shape index (κ3) is 3.84. The fourth-order valence-electron chi connectivity index (χ4n) is 1.30. The number of halogens is 1. The van der Waals surface area contributed by atoms with Gasteiger partial charge in [0.05, 0.1) is 11.3 Å². The first-order chi connectivity index (χ1) is 7.90. The van der Waals surface area contributed by atoms with Crippen LogP contribution in [0.5, 0.6) is 0 Å². The van der Waals surface area contributed by atoms with Crippen molar-refractivity contribution in [1.82, 2.24) is 0 Å². The van der Waals surface area contributed by atoms with Crippen molar-refractivity contribution in [2.24, 2.45) is 5.73 Å². The van der Waals surface area contributed by atoms with Gasteiger partial charge >= 0.3 is 5.97 Å². The van der Waals surface area contributed by atoms with Crippen LogP contribution in [0.25, 0.3) is 0 Å². The van der Waals surface area contributed by atoms with Gasteiger partial charge in [-0.05, 0) is 25.1 Å². The topological polar surface area (TPSA) is 92.4 Å². The molecule has 0 saturated heterocycles. The molecule has 0 aromatic heterocycles. The van der Waals surface area contributed by atoms with Crippen molar-refractivity contribution in [3.8, 4) is 0 Å². The average molecular weight is 240 g/mol. The number of amides is 1. The van der Waals surface area contributed by atoms with Gasteiger partial charge in [-0.15, -0.1) is 0 Å². The van der Waals surface area contributed by atoms with Crippen LogP contribution in [0.15, 0.2) is 18.2 Å². The van der Waals surface area contributed by atoms with Gasteiger partial charge in [0.25, 0.3) is 0 Å². The molecule has 0 bridgehead atoms. The second kappa shape index (κ2) is 5.40. The van der Waals surface area contributed by atoms with E-state index in [-0.39, 0.29) is 23.7 Å². The van der Waals surface area contributed by atoms with Gasteiger partial charge in [-0.1, -0.05) is 0 Å². The lowest BCUT2D eigenvalue weighted by Crippen LogP contribution is -2.24. The predicted octanol–water partition coefficient (Wildman–Crippen LogP) is 1.20. The van der Waals surface area contributed by atoms with Crippen LogP contribution in [-0.4, -0.2) is 23.0 Å². The zero-order chi connectivity index (χ0) is 13.0. The van der Waals surface area contributed by atoms with Gasteiger partial charge in [-0.25, -0.2) is 9.18 Å². The van der Waals surface area contributed by atoms with E-state index in [0.717, 1.165) is 18.2 Å². The van der Waals surface area contributed by atoms with Crippen LogP contribution < -0.4 is 11.1 Å². The summed E-state index contributed by atoms with van der Waals surface area (Å²) >= 11 is 0. The van der Waals surface area contributed by atoms with Crippen molar-refractivity contribution in [2.45, 2.75) is 19.4 Å². The van der Waals surface area contributed by atoms with Crippen molar-refractivity contribution < 1.29 is 19.1 Å². The van der Waals surface area contributed by atoms with Gasteiger partial charge in [0.1, 0.15) is 5.82 Å². The Kier molecular flexibility index (Phi) is 4.17. The van der Waals surface area contributed by atoms with Crippen LogP contribution in [0.4, 0.5) is 10.1 Å². The van der Waals surface area contributed by atoms with Crippen LogP contribution in [0.3, 0.4) is 0 Å². The van der Waals surface area contributed by atoms with Crippen molar-refractivity contribution in [2.75, 3.05) is 5.32 Å². The Labute approximate surface area is 97.4 Å². The zero-order valence-electron chi connectivity index (χ0n) is 9.24. The van der Waals surface area contributed by atoms with E-state index in [1.54, 1.807) is 6.92 Å². The molecule has 92 valence electrons. The maximum Gasteiger partial charge on any atom is 0.337 e. The lowest BCUT2D eigenvalue weighted by molar-refractivity contribution is -0.116. The quantitative estimate of drug-likeness (QED) is 0.737. The Morgan fingerprint density at radius 3 is 2.71 bits per heavy atom. The van der Waals surface area contributed by atoms with Crippen LogP contribution in [0.1, 0.15) is 23.7 Å². The van der Waals surface area contributed by atoms with E-state index in [0.29, 0.717) is 0 Å². The lowest BCUT2D eigenvalue weighted by Gasteiger charge is -2.09. The normalized spacial score (nSPS) is 11.9. The molecule has 0 fully saturated rings. The van der Waals surface area contributed by atoms with E-state index in [9.17, 15) is 14.0 Å². The number of hydrogen-bond donors (Lipinski definition) is 3. The third-order valence-corrected chi connectivity index (χ3v) is 1.99. The van der Waals surface area contributed by atoms with E-state index in [1.165, 1.54) is 0 Å². The smallest absolute Gasteiger partial charge is 0.337 e. The lowest BCUT2D eigenvalue weighted by atomic mass is 10.1. The molecular weight excluding hydrogens is 227 g/mol. The molecular formula is C11H13FN2O3. The summed E-state index contributed by atoms with van der Waals surface area (Å²) in [6.07, 6.45) is 0.0373. The van der Waals surface area contributed by atoms with E-state index in [1.807, 2.05) is 0 Å². The molecule has 0 saturated carbocycles. The summed E-state index contributed by atoms with van der Waals surface area (Å²) in [6.45, 7) is 1.64. The van der Waals surface area contributed by atoms with Gasteiger partial charge in [-0.2, -0.15) is 0 Å². The molecule has 0 aliphatic rings. The molecule has 17 heavy (non-hydrogen) atoms. The van der Waals surface area contributed by atoms with Gasteiger partial charge in [0.2, 0.25) is 5.91 Å². The summed E-state index contributed by atoms with van der Waals surface area (Å²) in [5.74, 6) is -2.31. The minimum Gasteiger partial charge on any atom is -0.478 e. The number of carbonyl (C=O) groups is 2. The highest BCUT2D eigenvalue weighted by atomic mass is 19.1. The predicted molar refractivity (Wildman–Crippen MR) is 60.3 cm³/mol. The number of carbonyl (C=O) groups excluding carboxylic acids is 1. The van der Waals surface area contributed by atoms with Crippen LogP contribution in [0, 0.1) is 5.82 Å². The maximum absolute atomic E-state index is 13.0. The minimum atomic E-state index is -1.24. The molecule has 0 heterocycles. The molecule has 1 aromatic carbocycles. The number of aromatic carboxylic acids is 1. The first-order valence-corrected chi connectivity index (χ1v) is 4.98. The SMILES string of the molecule is CC(N)CC(=O)Nc1cc(F)ccc1C(=O)O. The third-order valence-electron chi connectivity index (χ3n) is 1.99. The highest BCUT2D eigenvalue weighted by Gasteiger charge is 2.14. The molecule has 6 heteroatoms. The Bertz CT molecular complexity index is 446. The summed E-state index contributed by atoms with van der Waals surface area (Å²) < 4.78 is 13.0. The molecule has 1 unspecified atom stereocenters. The summed E-state index contributed by atoms with van der Waals surface area (Å²) in [7, 11) is 0. The summed E-state index contributed by atoms with van der Waals surface area (Å²) in [5, 5.41) is 11.2. The van der Waals surface area contributed by atoms with Gasteiger partial charge in [-0.3, -0.25) is 4.79 Å². The number of anilines is 1. The molecule has 4 N–H and O–H groups in total. The standard InChI is InChI=1S/C11H13FN2O3/c1-6(13)4-10(15)14-9-5-7(12)2-3-8(9)11(16)17/h2-3,5-6H,4,13H2,1H3,(H,14,15)(H,16,17). The van der Waals surface area contributed by atoms with E-state index in [4.69, 9.17) is 10.8 Å². The number of benzene rings is 1. The molecule has 1 rings (SSSR count). The monoisotopic (exact) mass is 240 g/mol. The number of nitrogens with one attached hydrogen (secondary N) is 1. The molecule has 0 radical (unpaired) electrons. The van der Waals surface area contributed by atoms with E-state index in [2.05, 4.69) is 5.32 Å². The molecule has 1 atom stereocenters. The first-order valence-electron chi connectivity index (χ1n) is 4.98. The summed E-state index contributed by atoms with van der Waals surface area (Å²) in [5.41, 5.74) is 5.19. The van der Waals surface area contributed by atoms with Gasteiger partial charge in [0, 0.05) is 12.5 Å². The Hall–Kier alpha value is -1.95. The summed E-state index contributed by atoms with van der Waals surface area (Å²) in [4.78, 5) is 22.2. The fraction of sp³-hybridized carbons (Fsp3) is 0.273. The number of carboxylic acids is 1. The Morgan fingerprint density at radius 1 is 1.53 bits per heavy atom. The zero-order valence-corrected chi connectivity index (χ0v) is 9.24. The average Bonchev–Trinajstić information content (AvgIpc) is 2.15. The summed E-state index contributed by atoms with van der Waals surface area (Å²) in [6, 6.07) is 2.73. The van der Waals surface area contributed by atoms with Gasteiger partial charge < -0.3 is 16.2 Å². The van der Waals surface area contributed by atoms with Crippen molar-refractivity contribution >= 4 is 17.6 Å². The van der Waals surface area contributed by atoms with Gasteiger partial charge in [0.15, 0.2) is 0 Å². The van der Waals surface area contributed by atoms with E-state index < -0.39 is 17.7 Å². The van der Waals surface area contributed by atoms with Crippen molar-refractivity contribution in [3.05, 3.63) is 29.6 Å². The molecule has 0 spiro atoms. The second-order valence-corrected chi connectivity index (χ2v) is 3.72.